The summed E-state index contributed by atoms with van der Waals surface area (Å²) in [5.41, 5.74) is 3.11. The topological polar surface area (TPSA) is 64.1 Å². The van der Waals surface area contributed by atoms with Gasteiger partial charge < -0.3 is 4.74 Å². The van der Waals surface area contributed by atoms with Gasteiger partial charge in [0, 0.05) is 30.1 Å². The molecule has 0 amide bonds. The van der Waals surface area contributed by atoms with E-state index in [1.165, 1.54) is 12.7 Å². The van der Waals surface area contributed by atoms with Crippen molar-refractivity contribution in [3.8, 4) is 11.4 Å². The van der Waals surface area contributed by atoms with Gasteiger partial charge in [0.25, 0.3) is 0 Å². The lowest BCUT2D eigenvalue weighted by Crippen LogP contribution is -2.42. The van der Waals surface area contributed by atoms with Crippen LogP contribution in [0.15, 0.2) is 36.7 Å². The van der Waals surface area contributed by atoms with Crippen LogP contribution in [0.4, 0.5) is 0 Å². The number of nitrogens with one attached hydrogen (secondary N) is 1. The van der Waals surface area contributed by atoms with Gasteiger partial charge in [-0.3, -0.25) is 10.1 Å². The molecular formula is C19H25N3O2. The predicted octanol–water partition coefficient (Wildman–Crippen LogP) is 3.13. The standard InChI is InChI=1S/C19H25N3O2/c1-5-14(3)17(19(23)24-4)20-10-15-11-21-18(22-12-15)16-8-6-7-13(2)9-16/h6-9,11-12,14,17,20H,5,10H2,1-4H3/t14-,17-/m0/s1. The second-order valence-corrected chi connectivity index (χ2v) is 6.05. The number of carbonyl (C=O) groups is 1. The molecule has 0 saturated heterocycles. The van der Waals surface area contributed by atoms with Crippen molar-refractivity contribution in [1.82, 2.24) is 15.3 Å². The van der Waals surface area contributed by atoms with Crippen LogP contribution < -0.4 is 5.32 Å². The Morgan fingerprint density at radius 3 is 2.58 bits per heavy atom. The third-order valence-electron chi connectivity index (χ3n) is 4.18. The van der Waals surface area contributed by atoms with Gasteiger partial charge in [-0.2, -0.15) is 0 Å². The molecule has 1 N–H and O–H groups in total. The van der Waals surface area contributed by atoms with Crippen LogP contribution in [0, 0.1) is 12.8 Å². The Bertz CT molecular complexity index is 671. The largest absolute Gasteiger partial charge is 0.468 e. The Morgan fingerprint density at radius 1 is 1.29 bits per heavy atom. The molecule has 2 atom stereocenters. The summed E-state index contributed by atoms with van der Waals surface area (Å²) < 4.78 is 4.88. The number of methoxy groups -OCH3 is 1. The van der Waals surface area contributed by atoms with Crippen molar-refractivity contribution in [2.24, 2.45) is 5.92 Å². The first-order chi connectivity index (χ1) is 11.5. The quantitative estimate of drug-likeness (QED) is 0.792. The minimum atomic E-state index is -0.323. The third-order valence-corrected chi connectivity index (χ3v) is 4.18. The molecule has 2 rings (SSSR count). The molecule has 128 valence electrons. The molecule has 0 saturated carbocycles. The number of rotatable bonds is 7. The summed E-state index contributed by atoms with van der Waals surface area (Å²) in [6.45, 7) is 6.66. The van der Waals surface area contributed by atoms with Crippen LogP contribution in [0.3, 0.4) is 0 Å². The van der Waals surface area contributed by atoms with E-state index in [-0.39, 0.29) is 17.9 Å². The van der Waals surface area contributed by atoms with Gasteiger partial charge in [-0.15, -0.1) is 0 Å². The molecule has 0 unspecified atom stereocenters. The Kier molecular flexibility index (Phi) is 6.44. The smallest absolute Gasteiger partial charge is 0.323 e. The first kappa shape index (κ1) is 18.1. The van der Waals surface area contributed by atoms with Gasteiger partial charge in [0.2, 0.25) is 0 Å². The zero-order chi connectivity index (χ0) is 17.5. The monoisotopic (exact) mass is 327 g/mol. The van der Waals surface area contributed by atoms with E-state index < -0.39 is 0 Å². The average Bonchev–Trinajstić information content (AvgIpc) is 2.61. The summed E-state index contributed by atoms with van der Waals surface area (Å²) in [7, 11) is 1.42. The molecule has 0 bridgehead atoms. The minimum absolute atomic E-state index is 0.199. The molecule has 0 fully saturated rings. The van der Waals surface area contributed by atoms with Crippen molar-refractivity contribution in [2.45, 2.75) is 39.8 Å². The van der Waals surface area contributed by atoms with Gasteiger partial charge in [0.15, 0.2) is 5.82 Å². The van der Waals surface area contributed by atoms with Crippen LogP contribution in [0.25, 0.3) is 11.4 Å². The Labute approximate surface area is 143 Å². The molecule has 0 spiro atoms. The molecule has 1 heterocycles. The minimum Gasteiger partial charge on any atom is -0.468 e. The highest BCUT2D eigenvalue weighted by molar-refractivity contribution is 5.76. The number of hydrogen-bond donors (Lipinski definition) is 1. The molecule has 2 aromatic rings. The highest BCUT2D eigenvalue weighted by Gasteiger charge is 2.24. The van der Waals surface area contributed by atoms with E-state index in [0.29, 0.717) is 12.4 Å². The Balaban J connectivity index is 2.04. The lowest BCUT2D eigenvalue weighted by Gasteiger charge is -2.21. The number of nitrogens with zero attached hydrogens (tertiary/aromatic N) is 2. The van der Waals surface area contributed by atoms with Crippen LogP contribution in [0.2, 0.25) is 0 Å². The van der Waals surface area contributed by atoms with E-state index in [1.54, 1.807) is 12.4 Å². The maximum absolute atomic E-state index is 11.9. The highest BCUT2D eigenvalue weighted by Crippen LogP contribution is 2.16. The van der Waals surface area contributed by atoms with Crippen molar-refractivity contribution in [3.05, 3.63) is 47.8 Å². The van der Waals surface area contributed by atoms with Crippen molar-refractivity contribution >= 4 is 5.97 Å². The lowest BCUT2D eigenvalue weighted by atomic mass is 9.99. The van der Waals surface area contributed by atoms with Crippen LogP contribution >= 0.6 is 0 Å². The predicted molar refractivity (Wildman–Crippen MR) is 94.3 cm³/mol. The first-order valence-electron chi connectivity index (χ1n) is 8.24. The Morgan fingerprint density at radius 2 is 2.00 bits per heavy atom. The number of hydrogen-bond acceptors (Lipinski definition) is 5. The van der Waals surface area contributed by atoms with Gasteiger partial charge >= 0.3 is 5.97 Å². The molecular weight excluding hydrogens is 302 g/mol. The summed E-state index contributed by atoms with van der Waals surface area (Å²) in [6, 6.07) is 7.77. The second kappa shape index (κ2) is 8.55. The van der Waals surface area contributed by atoms with Gasteiger partial charge in [-0.05, 0) is 18.9 Å². The van der Waals surface area contributed by atoms with Crippen molar-refractivity contribution in [1.29, 1.82) is 0 Å². The second-order valence-electron chi connectivity index (χ2n) is 6.05. The molecule has 0 aliphatic rings. The third kappa shape index (κ3) is 4.61. The number of aryl methyl sites for hydroxylation is 1. The number of esters is 1. The van der Waals surface area contributed by atoms with Crippen LogP contribution in [-0.4, -0.2) is 29.1 Å². The van der Waals surface area contributed by atoms with E-state index in [0.717, 1.165) is 17.5 Å². The fourth-order valence-corrected chi connectivity index (χ4v) is 2.49. The molecule has 1 aromatic carbocycles. The number of carbonyl (C=O) groups excluding carboxylic acids is 1. The van der Waals surface area contributed by atoms with E-state index in [9.17, 15) is 4.79 Å². The summed E-state index contributed by atoms with van der Waals surface area (Å²) >= 11 is 0. The lowest BCUT2D eigenvalue weighted by molar-refractivity contribution is -0.144. The van der Waals surface area contributed by atoms with E-state index in [4.69, 9.17) is 4.74 Å². The van der Waals surface area contributed by atoms with E-state index in [1.807, 2.05) is 32.0 Å². The average molecular weight is 327 g/mol. The molecule has 5 nitrogen and oxygen atoms in total. The van der Waals surface area contributed by atoms with E-state index in [2.05, 4.69) is 28.3 Å². The van der Waals surface area contributed by atoms with E-state index >= 15 is 0 Å². The number of aromatic nitrogens is 2. The summed E-state index contributed by atoms with van der Waals surface area (Å²) in [4.78, 5) is 20.8. The van der Waals surface area contributed by atoms with Crippen molar-refractivity contribution in [2.75, 3.05) is 7.11 Å². The molecule has 5 heteroatoms. The Hall–Kier alpha value is -2.27. The maximum atomic E-state index is 11.9. The first-order valence-corrected chi connectivity index (χ1v) is 8.24. The molecule has 1 aromatic heterocycles. The maximum Gasteiger partial charge on any atom is 0.323 e. The molecule has 0 radical (unpaired) electrons. The van der Waals surface area contributed by atoms with Gasteiger partial charge in [-0.25, -0.2) is 9.97 Å². The van der Waals surface area contributed by atoms with Crippen molar-refractivity contribution < 1.29 is 9.53 Å². The summed E-state index contributed by atoms with van der Waals surface area (Å²) in [5.74, 6) is 0.667. The fourth-order valence-electron chi connectivity index (χ4n) is 2.49. The molecule has 24 heavy (non-hydrogen) atoms. The molecule has 0 aliphatic heterocycles. The van der Waals surface area contributed by atoms with Crippen molar-refractivity contribution in [3.63, 3.8) is 0 Å². The van der Waals surface area contributed by atoms with Gasteiger partial charge in [0.05, 0.1) is 7.11 Å². The van der Waals surface area contributed by atoms with Crippen LogP contribution in [0.5, 0.6) is 0 Å². The van der Waals surface area contributed by atoms with Crippen LogP contribution in [0.1, 0.15) is 31.4 Å². The summed E-state index contributed by atoms with van der Waals surface area (Å²) in [6.07, 6.45) is 4.49. The zero-order valence-corrected chi connectivity index (χ0v) is 14.7. The summed E-state index contributed by atoms with van der Waals surface area (Å²) in [5, 5.41) is 3.25. The van der Waals surface area contributed by atoms with Crippen LogP contribution in [-0.2, 0) is 16.1 Å². The SMILES string of the molecule is CC[C@H](C)[C@H](NCc1cnc(-c2cccc(C)c2)nc1)C(=O)OC. The number of ether oxygens (including phenoxy) is 1. The van der Waals surface area contributed by atoms with Gasteiger partial charge in [0.1, 0.15) is 6.04 Å². The highest BCUT2D eigenvalue weighted by atomic mass is 16.5. The van der Waals surface area contributed by atoms with Gasteiger partial charge in [-0.1, -0.05) is 44.0 Å². The zero-order valence-electron chi connectivity index (χ0n) is 14.7. The normalized spacial score (nSPS) is 13.3. The fraction of sp³-hybridized carbons (Fsp3) is 0.421. The number of benzene rings is 1. The molecule has 0 aliphatic carbocycles.